The molecule has 5 heteroatoms. The van der Waals surface area contributed by atoms with Gasteiger partial charge in [-0.15, -0.1) is 0 Å². The SMILES string of the molecule is COc1ccc(CCCO)cc1C1(N2CCCCC2CO)CC=CC=C1Cl. The molecule has 0 aromatic heterocycles. The lowest BCUT2D eigenvalue weighted by atomic mass is 9.78. The van der Waals surface area contributed by atoms with Crippen LogP contribution in [-0.4, -0.2) is 48.0 Å². The van der Waals surface area contributed by atoms with Crippen LogP contribution >= 0.6 is 11.6 Å². The molecule has 2 N–H and O–H groups in total. The number of halogens is 1. The van der Waals surface area contributed by atoms with E-state index in [1.165, 1.54) is 0 Å². The molecule has 1 saturated heterocycles. The van der Waals surface area contributed by atoms with Gasteiger partial charge in [0.1, 0.15) is 5.75 Å². The molecule has 27 heavy (non-hydrogen) atoms. The molecule has 0 radical (unpaired) electrons. The molecule has 0 saturated carbocycles. The van der Waals surface area contributed by atoms with E-state index >= 15 is 0 Å². The minimum Gasteiger partial charge on any atom is -0.496 e. The number of aliphatic hydroxyl groups excluding tert-OH is 2. The molecule has 3 rings (SSSR count). The first-order valence-corrected chi connectivity index (χ1v) is 10.2. The zero-order chi connectivity index (χ0) is 19.3. The van der Waals surface area contributed by atoms with Gasteiger partial charge in [-0.3, -0.25) is 4.90 Å². The number of aliphatic hydroxyl groups is 2. The van der Waals surface area contributed by atoms with Crippen molar-refractivity contribution in [2.24, 2.45) is 0 Å². The maximum absolute atomic E-state index is 10.1. The molecule has 1 aliphatic heterocycles. The molecule has 0 amide bonds. The van der Waals surface area contributed by atoms with E-state index < -0.39 is 5.54 Å². The summed E-state index contributed by atoms with van der Waals surface area (Å²) in [5, 5.41) is 20.0. The number of benzene rings is 1. The summed E-state index contributed by atoms with van der Waals surface area (Å²) in [6.07, 6.45) is 11.6. The second-order valence-electron chi connectivity index (χ2n) is 7.39. The summed E-state index contributed by atoms with van der Waals surface area (Å²) in [6.45, 7) is 1.20. The lowest BCUT2D eigenvalue weighted by Gasteiger charge is -2.50. The Bertz CT molecular complexity index is 703. The Labute approximate surface area is 167 Å². The zero-order valence-corrected chi connectivity index (χ0v) is 16.8. The number of allylic oxidation sites excluding steroid dienone is 2. The van der Waals surface area contributed by atoms with E-state index in [9.17, 15) is 10.2 Å². The van der Waals surface area contributed by atoms with Gasteiger partial charge in [-0.1, -0.05) is 36.2 Å². The lowest BCUT2D eigenvalue weighted by molar-refractivity contribution is 0.0118. The van der Waals surface area contributed by atoms with E-state index in [4.69, 9.17) is 16.3 Å². The van der Waals surface area contributed by atoms with Gasteiger partial charge in [0.15, 0.2) is 0 Å². The molecule has 1 aliphatic carbocycles. The van der Waals surface area contributed by atoms with Gasteiger partial charge in [0.05, 0.1) is 19.3 Å². The smallest absolute Gasteiger partial charge is 0.124 e. The van der Waals surface area contributed by atoms with Crippen LogP contribution in [0.15, 0.2) is 41.5 Å². The quantitative estimate of drug-likeness (QED) is 0.743. The number of aryl methyl sites for hydroxylation is 1. The average Bonchev–Trinajstić information content (AvgIpc) is 2.72. The van der Waals surface area contributed by atoms with E-state index in [0.29, 0.717) is 0 Å². The third-order valence-electron chi connectivity index (χ3n) is 5.85. The maximum atomic E-state index is 10.1. The third-order valence-corrected chi connectivity index (χ3v) is 6.29. The molecule has 2 aliphatic rings. The van der Waals surface area contributed by atoms with Crippen molar-refractivity contribution in [1.82, 2.24) is 4.90 Å². The molecular weight excluding hydrogens is 362 g/mol. The Kier molecular flexibility index (Phi) is 6.99. The van der Waals surface area contributed by atoms with Crippen LogP contribution in [0, 0.1) is 0 Å². The molecule has 0 spiro atoms. The van der Waals surface area contributed by atoms with Crippen LogP contribution in [0.3, 0.4) is 0 Å². The van der Waals surface area contributed by atoms with Crippen LogP contribution in [0.2, 0.25) is 0 Å². The fourth-order valence-corrected chi connectivity index (χ4v) is 4.84. The first-order valence-electron chi connectivity index (χ1n) is 9.86. The van der Waals surface area contributed by atoms with E-state index in [2.05, 4.69) is 23.1 Å². The molecule has 4 nitrogen and oxygen atoms in total. The van der Waals surface area contributed by atoms with Crippen LogP contribution in [0.1, 0.15) is 43.2 Å². The summed E-state index contributed by atoms with van der Waals surface area (Å²) in [7, 11) is 1.69. The monoisotopic (exact) mass is 391 g/mol. The summed E-state index contributed by atoms with van der Waals surface area (Å²) in [5.74, 6) is 0.812. The van der Waals surface area contributed by atoms with E-state index in [1.807, 2.05) is 18.2 Å². The van der Waals surface area contributed by atoms with E-state index in [1.54, 1.807) is 7.11 Å². The Morgan fingerprint density at radius 3 is 2.85 bits per heavy atom. The Morgan fingerprint density at radius 1 is 1.30 bits per heavy atom. The highest BCUT2D eigenvalue weighted by Crippen LogP contribution is 2.49. The lowest BCUT2D eigenvalue weighted by Crippen LogP contribution is -2.55. The fraction of sp³-hybridized carbons (Fsp3) is 0.545. The predicted molar refractivity (Wildman–Crippen MR) is 109 cm³/mol. The van der Waals surface area contributed by atoms with Gasteiger partial charge >= 0.3 is 0 Å². The van der Waals surface area contributed by atoms with Crippen molar-refractivity contribution in [3.8, 4) is 5.75 Å². The predicted octanol–water partition coefficient (Wildman–Crippen LogP) is 3.74. The van der Waals surface area contributed by atoms with Gasteiger partial charge in [-0.2, -0.15) is 0 Å². The number of ether oxygens (including phenoxy) is 1. The van der Waals surface area contributed by atoms with Crippen molar-refractivity contribution < 1.29 is 14.9 Å². The van der Waals surface area contributed by atoms with Crippen molar-refractivity contribution >= 4 is 11.6 Å². The molecule has 148 valence electrons. The zero-order valence-electron chi connectivity index (χ0n) is 16.0. The fourth-order valence-electron chi connectivity index (χ4n) is 4.48. The second kappa shape index (κ2) is 9.24. The highest BCUT2D eigenvalue weighted by atomic mass is 35.5. The number of piperidine rings is 1. The summed E-state index contributed by atoms with van der Waals surface area (Å²) in [4.78, 5) is 2.38. The van der Waals surface area contributed by atoms with Gasteiger partial charge in [0.2, 0.25) is 0 Å². The molecular formula is C22H30ClNO3. The number of methoxy groups -OCH3 is 1. The highest BCUT2D eigenvalue weighted by Gasteiger charge is 2.46. The standard InChI is InChI=1S/C22H30ClNO3/c1-27-20-11-10-17(7-6-14-25)15-19(20)22(12-4-2-9-21(22)23)24-13-5-3-8-18(24)16-26/h2,4,9-11,15,18,25-26H,3,5-8,12-14,16H2,1H3. The molecule has 1 heterocycles. The summed E-state index contributed by atoms with van der Waals surface area (Å²) in [5.41, 5.74) is 1.69. The topological polar surface area (TPSA) is 52.9 Å². The van der Waals surface area contributed by atoms with Gasteiger partial charge in [0.25, 0.3) is 0 Å². The van der Waals surface area contributed by atoms with Crippen LogP contribution in [0.4, 0.5) is 0 Å². The average molecular weight is 392 g/mol. The largest absolute Gasteiger partial charge is 0.496 e. The minimum atomic E-state index is -0.523. The Hall–Kier alpha value is -1.33. The molecule has 2 atom stereocenters. The maximum Gasteiger partial charge on any atom is 0.124 e. The van der Waals surface area contributed by atoms with Gasteiger partial charge in [0, 0.05) is 23.2 Å². The Balaban J connectivity index is 2.14. The number of nitrogens with zero attached hydrogens (tertiary/aromatic N) is 1. The van der Waals surface area contributed by atoms with Crippen LogP contribution in [-0.2, 0) is 12.0 Å². The number of rotatable bonds is 7. The van der Waals surface area contributed by atoms with Gasteiger partial charge < -0.3 is 14.9 Å². The summed E-state index contributed by atoms with van der Waals surface area (Å²) in [6, 6.07) is 6.32. The minimum absolute atomic E-state index is 0.0817. The van der Waals surface area contributed by atoms with Crippen LogP contribution in [0.5, 0.6) is 5.75 Å². The first-order chi connectivity index (χ1) is 13.2. The van der Waals surface area contributed by atoms with E-state index in [0.717, 1.165) is 67.0 Å². The van der Waals surface area contributed by atoms with Crippen LogP contribution in [0.25, 0.3) is 0 Å². The molecule has 1 aromatic rings. The van der Waals surface area contributed by atoms with E-state index in [-0.39, 0.29) is 19.3 Å². The molecule has 1 aromatic carbocycles. The second-order valence-corrected chi connectivity index (χ2v) is 7.80. The number of hydrogen-bond donors (Lipinski definition) is 2. The Morgan fingerprint density at radius 2 is 2.15 bits per heavy atom. The highest BCUT2D eigenvalue weighted by molar-refractivity contribution is 6.31. The molecule has 1 fully saturated rings. The molecule has 2 unspecified atom stereocenters. The number of likely N-dealkylation sites (tertiary alicyclic amines) is 1. The normalized spacial score (nSPS) is 26.1. The summed E-state index contributed by atoms with van der Waals surface area (Å²) < 4.78 is 5.74. The first kappa shape index (κ1) is 20.4. The van der Waals surface area contributed by atoms with Crippen molar-refractivity contribution in [3.63, 3.8) is 0 Å². The summed E-state index contributed by atoms with van der Waals surface area (Å²) >= 11 is 6.91. The molecule has 0 bridgehead atoms. The third kappa shape index (κ3) is 3.95. The van der Waals surface area contributed by atoms with Crippen molar-refractivity contribution in [2.75, 3.05) is 26.9 Å². The van der Waals surface area contributed by atoms with Crippen molar-refractivity contribution in [1.29, 1.82) is 0 Å². The van der Waals surface area contributed by atoms with Gasteiger partial charge in [-0.25, -0.2) is 0 Å². The number of hydrogen-bond acceptors (Lipinski definition) is 4. The van der Waals surface area contributed by atoms with Gasteiger partial charge in [-0.05, 0) is 62.4 Å². The van der Waals surface area contributed by atoms with Crippen LogP contribution < -0.4 is 4.74 Å². The van der Waals surface area contributed by atoms with Crippen molar-refractivity contribution in [2.45, 2.75) is 50.1 Å². The van der Waals surface area contributed by atoms with Crippen molar-refractivity contribution in [3.05, 3.63) is 52.6 Å².